The van der Waals surface area contributed by atoms with Crippen LogP contribution in [0.4, 0.5) is 0 Å². The summed E-state index contributed by atoms with van der Waals surface area (Å²) in [5.41, 5.74) is 0.188. The molecule has 0 aromatic rings. The maximum atomic E-state index is 7.02. The molecule has 0 radical (unpaired) electrons. The molecular formula is C70H144N2O. The van der Waals surface area contributed by atoms with Crippen LogP contribution in [0.15, 0.2) is 0 Å². The highest BCUT2D eigenvalue weighted by Gasteiger charge is 2.63. The van der Waals surface area contributed by atoms with Crippen molar-refractivity contribution in [1.29, 1.82) is 0 Å². The summed E-state index contributed by atoms with van der Waals surface area (Å²) < 4.78 is 7.02. The summed E-state index contributed by atoms with van der Waals surface area (Å²) in [6, 6.07) is 1.45. The van der Waals surface area contributed by atoms with Crippen LogP contribution in [-0.2, 0) is 4.74 Å². The monoisotopic (exact) mass is 1030 g/mol. The predicted octanol–water partition coefficient (Wildman–Crippen LogP) is 22.0. The van der Waals surface area contributed by atoms with Gasteiger partial charge in [-0.25, -0.2) is 0 Å². The van der Waals surface area contributed by atoms with Gasteiger partial charge in [-0.15, -0.1) is 0 Å². The van der Waals surface area contributed by atoms with Crippen LogP contribution >= 0.6 is 0 Å². The fourth-order valence-corrected chi connectivity index (χ4v) is 18.9. The molecule has 0 bridgehead atoms. The first-order valence-corrected chi connectivity index (χ1v) is 35.1. The quantitative estimate of drug-likeness (QED) is 0.289. The Morgan fingerprint density at radius 1 is 0.370 bits per heavy atom. The van der Waals surface area contributed by atoms with Crippen LogP contribution in [0.5, 0.6) is 0 Å². The number of hydrogen-bond acceptors (Lipinski definition) is 3. The van der Waals surface area contributed by atoms with Gasteiger partial charge in [0.2, 0.25) is 0 Å². The average Bonchev–Trinajstić information content (AvgIpc) is 4.18. The Bertz CT molecular complexity index is 1250. The van der Waals surface area contributed by atoms with Crippen LogP contribution in [0.25, 0.3) is 0 Å². The Labute approximate surface area is 464 Å². The Morgan fingerprint density at radius 3 is 1.30 bits per heavy atom. The van der Waals surface area contributed by atoms with Crippen LogP contribution in [-0.4, -0.2) is 36.9 Å². The van der Waals surface area contributed by atoms with Crippen LogP contribution in [0.3, 0.4) is 0 Å². The fourth-order valence-electron chi connectivity index (χ4n) is 18.9. The van der Waals surface area contributed by atoms with E-state index in [1.165, 1.54) is 77.3 Å². The molecule has 0 amide bonds. The lowest BCUT2D eigenvalue weighted by Gasteiger charge is -2.49. The molecule has 3 nitrogen and oxygen atoms in total. The number of ether oxygens (including phenoxy) is 1. The Hall–Kier alpha value is -0.120. The lowest BCUT2D eigenvalue weighted by molar-refractivity contribution is -0.141. The van der Waals surface area contributed by atoms with E-state index >= 15 is 0 Å². The molecule has 11 rings (SSSR count). The van der Waals surface area contributed by atoms with E-state index in [1.54, 1.807) is 83.5 Å². The minimum atomic E-state index is 0.188. The van der Waals surface area contributed by atoms with Crippen molar-refractivity contribution in [2.24, 2.45) is 101 Å². The first-order valence-electron chi connectivity index (χ1n) is 35.1. The Balaban J connectivity index is 0.00000106. The van der Waals surface area contributed by atoms with Crippen molar-refractivity contribution in [2.75, 3.05) is 13.1 Å². The topological polar surface area (TPSA) is 33.3 Å². The summed E-state index contributed by atoms with van der Waals surface area (Å²) in [4.78, 5) is 0. The van der Waals surface area contributed by atoms with Crippen LogP contribution in [0, 0.1) is 101 Å². The molecule has 21 atom stereocenters. The van der Waals surface area contributed by atoms with Crippen LogP contribution in [0.1, 0.15) is 314 Å². The van der Waals surface area contributed by atoms with Crippen molar-refractivity contribution < 1.29 is 4.74 Å². The maximum absolute atomic E-state index is 7.02. The summed E-state index contributed by atoms with van der Waals surface area (Å²) in [5.74, 6) is 17.4. The minimum Gasteiger partial charge on any atom is -0.370 e. The number of nitrogens with one attached hydrogen (secondary N) is 2. The molecule has 73 heavy (non-hydrogen) atoms. The molecule has 0 aromatic carbocycles. The van der Waals surface area contributed by atoms with Gasteiger partial charge in [0, 0.05) is 18.0 Å². The molecule has 3 heteroatoms. The van der Waals surface area contributed by atoms with Gasteiger partial charge in [-0.2, -0.15) is 0 Å². The van der Waals surface area contributed by atoms with Crippen molar-refractivity contribution in [3.63, 3.8) is 0 Å². The van der Waals surface area contributed by atoms with Crippen molar-refractivity contribution in [2.45, 2.75) is 338 Å². The summed E-state index contributed by atoms with van der Waals surface area (Å²) >= 11 is 0. The lowest BCUT2D eigenvalue weighted by Crippen LogP contribution is -2.52. The van der Waals surface area contributed by atoms with E-state index in [4.69, 9.17) is 4.74 Å². The molecule has 440 valence electrons. The van der Waals surface area contributed by atoms with Crippen LogP contribution in [0.2, 0.25) is 0 Å². The summed E-state index contributed by atoms with van der Waals surface area (Å²) in [6.07, 6.45) is 35.2. The largest absolute Gasteiger partial charge is 0.370 e. The van der Waals surface area contributed by atoms with E-state index < -0.39 is 0 Å². The predicted molar refractivity (Wildman–Crippen MR) is 333 cm³/mol. The molecule has 3 saturated heterocycles. The minimum absolute atomic E-state index is 0.188. The van der Waals surface area contributed by atoms with E-state index in [1.807, 2.05) is 138 Å². The van der Waals surface area contributed by atoms with Gasteiger partial charge in [-0.3, -0.25) is 0 Å². The van der Waals surface area contributed by atoms with Gasteiger partial charge >= 0.3 is 0 Å². The van der Waals surface area contributed by atoms with Gasteiger partial charge in [0.25, 0.3) is 0 Å². The standard InChI is InChI=1S/C25H41NO.C25H43N.10C2H6/c1-15-21-14-22-18-7-4-3-6-17(18)9-10-19(22)20(21)11-12-25(15)16(2)24-23(27-25)8-5-13-26-24;1-16-19(17(2)25-9-5-6-14-26-25)12-13-21-22-11-10-18-7-3-4-8-20(18)24(22)15-23(16)21;10*1-2/h15-24,26H,3-14H2,1-2H3;16-26H,3-15H2,1-2H3;10*1-2H3. The van der Waals surface area contributed by atoms with Crippen molar-refractivity contribution >= 4 is 0 Å². The van der Waals surface area contributed by atoms with Crippen molar-refractivity contribution in [1.82, 2.24) is 10.6 Å². The first-order chi connectivity index (χ1) is 35.9. The summed E-state index contributed by atoms with van der Waals surface area (Å²) in [5, 5.41) is 7.73. The molecule has 2 N–H and O–H groups in total. The second-order valence-corrected chi connectivity index (χ2v) is 22.7. The fraction of sp³-hybridized carbons (Fsp3) is 1.00. The Morgan fingerprint density at radius 2 is 0.808 bits per heavy atom. The number of hydrogen-bond donors (Lipinski definition) is 2. The maximum Gasteiger partial charge on any atom is 0.0756 e. The van der Waals surface area contributed by atoms with E-state index in [9.17, 15) is 0 Å². The molecule has 1 spiro atoms. The Kier molecular flexibility index (Phi) is 40.9. The van der Waals surface area contributed by atoms with Crippen molar-refractivity contribution in [3.8, 4) is 0 Å². The van der Waals surface area contributed by atoms with Gasteiger partial charge in [-0.05, 0) is 211 Å². The highest BCUT2D eigenvalue weighted by atomic mass is 16.5. The molecule has 3 aliphatic heterocycles. The number of fused-ring (bicyclic) bond motifs is 11. The smallest absolute Gasteiger partial charge is 0.0756 e. The molecule has 3 heterocycles. The van der Waals surface area contributed by atoms with Gasteiger partial charge < -0.3 is 15.4 Å². The molecule has 11 fully saturated rings. The zero-order chi connectivity index (χ0) is 55.8. The van der Waals surface area contributed by atoms with Gasteiger partial charge in [0.1, 0.15) is 0 Å². The molecular weight excluding hydrogens is 885 g/mol. The molecule has 0 aromatic heterocycles. The van der Waals surface area contributed by atoms with E-state index in [0.717, 1.165) is 101 Å². The molecule has 8 saturated carbocycles. The van der Waals surface area contributed by atoms with Gasteiger partial charge in [0.15, 0.2) is 0 Å². The summed E-state index contributed by atoms with van der Waals surface area (Å²) in [6.45, 7) is 52.9. The normalized spacial score (nSPS) is 41.7. The highest BCUT2D eigenvalue weighted by molar-refractivity contribution is 5.13. The van der Waals surface area contributed by atoms with E-state index in [0.29, 0.717) is 18.1 Å². The molecule has 11 aliphatic rings. The third kappa shape index (κ3) is 17.2. The number of rotatable bonds is 2. The highest BCUT2D eigenvalue weighted by Crippen LogP contribution is 2.65. The third-order valence-corrected chi connectivity index (χ3v) is 21.4. The van der Waals surface area contributed by atoms with Gasteiger partial charge in [-0.1, -0.05) is 211 Å². The number of piperidine rings is 2. The second-order valence-electron chi connectivity index (χ2n) is 22.7. The zero-order valence-corrected chi connectivity index (χ0v) is 55.1. The molecule has 8 aliphatic carbocycles. The SMILES string of the molecule is CC.CC.CC.CC.CC.CC.CC.CC.CC.CC.CC(C1CCCCN1)C1CCC2C(CC3C4CCCCC4CCC32)C1C.CC1C2CC3C4CCCCC4CCC3C2CCC12OC1CCCNC1C2C. The average molecular weight is 1030 g/mol. The zero-order valence-electron chi connectivity index (χ0n) is 55.1. The van der Waals surface area contributed by atoms with Gasteiger partial charge in [0.05, 0.1) is 11.7 Å². The van der Waals surface area contributed by atoms with E-state index in [2.05, 4.69) is 38.3 Å². The third-order valence-electron chi connectivity index (χ3n) is 21.4. The lowest BCUT2D eigenvalue weighted by atomic mass is 9.59. The van der Waals surface area contributed by atoms with Crippen LogP contribution < -0.4 is 10.6 Å². The van der Waals surface area contributed by atoms with E-state index in [-0.39, 0.29) is 5.60 Å². The van der Waals surface area contributed by atoms with Crippen molar-refractivity contribution in [3.05, 3.63) is 0 Å². The second kappa shape index (κ2) is 41.0. The summed E-state index contributed by atoms with van der Waals surface area (Å²) in [7, 11) is 0. The molecule has 21 unspecified atom stereocenters. The first kappa shape index (κ1) is 72.9.